The van der Waals surface area contributed by atoms with Crippen molar-refractivity contribution in [2.24, 2.45) is 29.6 Å². The lowest BCUT2D eigenvalue weighted by atomic mass is 9.81. The van der Waals surface area contributed by atoms with E-state index in [1.165, 1.54) is 5.57 Å². The molecule has 0 N–H and O–H groups in total. The first-order valence-electron chi connectivity index (χ1n) is 21.9. The second-order valence-corrected chi connectivity index (χ2v) is 29.9. The quantitative estimate of drug-likeness (QED) is 0.0361. The third-order valence-corrected chi connectivity index (χ3v) is 25.1. The average Bonchev–Trinajstić information content (AvgIpc) is 3.11. The van der Waals surface area contributed by atoms with Crippen molar-refractivity contribution in [2.75, 3.05) is 27.6 Å². The van der Waals surface area contributed by atoms with Gasteiger partial charge in [-0.1, -0.05) is 141 Å². The van der Waals surface area contributed by atoms with Gasteiger partial charge in [-0.3, -0.25) is 0 Å². The maximum atomic E-state index is 12.4. The molecule has 0 saturated heterocycles. The lowest BCUT2D eigenvalue weighted by molar-refractivity contribution is -0.137. The van der Waals surface area contributed by atoms with Crippen molar-refractivity contribution in [2.45, 2.75) is 189 Å². The largest absolute Gasteiger partial charge is 0.497 e. The number of carbonyl (C=O) groups is 1. The molecule has 0 heterocycles. The van der Waals surface area contributed by atoms with Gasteiger partial charge in [0, 0.05) is 24.9 Å². The highest BCUT2D eigenvalue weighted by Crippen LogP contribution is 2.47. The number of hydrogen-bond acceptors (Lipinski definition) is 7. The van der Waals surface area contributed by atoms with Crippen LogP contribution in [0.4, 0.5) is 0 Å². The molecule has 0 aliphatic carbocycles. The number of carbonyl (C=O) groups excluding carboxylic acids is 1. The Morgan fingerprint density at radius 1 is 0.625 bits per heavy atom. The van der Waals surface area contributed by atoms with Crippen LogP contribution < -0.4 is 4.74 Å². The van der Waals surface area contributed by atoms with Gasteiger partial charge in [-0.05, 0) is 76.1 Å². The second kappa shape index (κ2) is 24.7. The van der Waals surface area contributed by atoms with Crippen LogP contribution in [0.2, 0.25) is 33.2 Å². The van der Waals surface area contributed by atoms with E-state index in [9.17, 15) is 4.79 Å². The van der Waals surface area contributed by atoms with Crippen LogP contribution in [-0.2, 0) is 34.5 Å². The number of benzene rings is 1. The number of aldehydes is 1. The average molecular weight is 821 g/mol. The summed E-state index contributed by atoms with van der Waals surface area (Å²) in [6, 6.07) is 8.04. The summed E-state index contributed by atoms with van der Waals surface area (Å²) in [7, 11) is -1.14. The van der Waals surface area contributed by atoms with Gasteiger partial charge in [0.05, 0.1) is 38.6 Å². The van der Waals surface area contributed by atoms with Crippen molar-refractivity contribution >= 4 is 22.9 Å². The molecule has 0 amide bonds. The van der Waals surface area contributed by atoms with Gasteiger partial charge in [0.2, 0.25) is 16.6 Å². The molecule has 0 fully saturated rings. The second-order valence-electron chi connectivity index (χ2n) is 19.1. The molecule has 0 aliphatic rings. The van der Waals surface area contributed by atoms with Gasteiger partial charge in [0.25, 0.3) is 0 Å². The zero-order chi connectivity index (χ0) is 43.1. The van der Waals surface area contributed by atoms with Gasteiger partial charge in [-0.15, -0.1) is 0 Å². The monoisotopic (exact) mass is 821 g/mol. The highest BCUT2D eigenvalue weighted by Gasteiger charge is 2.50. The Bertz CT molecular complexity index is 1220. The van der Waals surface area contributed by atoms with Crippen molar-refractivity contribution in [3.8, 4) is 5.75 Å². The molecule has 326 valence electrons. The van der Waals surface area contributed by atoms with E-state index >= 15 is 0 Å². The zero-order valence-corrected chi connectivity index (χ0v) is 41.7. The first kappa shape index (κ1) is 52.7. The van der Waals surface area contributed by atoms with Crippen molar-refractivity contribution in [1.29, 1.82) is 0 Å². The molecule has 0 aromatic heterocycles. The summed E-state index contributed by atoms with van der Waals surface area (Å²) in [6.07, 6.45) is 3.98. The third kappa shape index (κ3) is 13.9. The first-order chi connectivity index (χ1) is 26.1. The van der Waals surface area contributed by atoms with Crippen LogP contribution in [0.3, 0.4) is 0 Å². The first-order valence-corrected chi connectivity index (χ1v) is 26.2. The van der Waals surface area contributed by atoms with E-state index in [2.05, 4.69) is 124 Å². The van der Waals surface area contributed by atoms with Crippen LogP contribution in [0.1, 0.15) is 137 Å². The fourth-order valence-electron chi connectivity index (χ4n) is 10.4. The van der Waals surface area contributed by atoms with E-state index in [0.717, 1.165) is 24.0 Å². The molecule has 0 spiro atoms. The molecule has 1 aromatic carbocycles. The molecular weight excluding hydrogens is 733 g/mol. The molecule has 9 heteroatoms. The van der Waals surface area contributed by atoms with Crippen molar-refractivity contribution in [1.82, 2.24) is 0 Å². The minimum atomic E-state index is -2.29. The van der Waals surface area contributed by atoms with Gasteiger partial charge in [0.1, 0.15) is 18.8 Å². The highest BCUT2D eigenvalue weighted by molar-refractivity contribution is 6.78. The summed E-state index contributed by atoms with van der Waals surface area (Å²) in [6.45, 7) is 42.8. The van der Waals surface area contributed by atoms with Gasteiger partial charge in [-0.2, -0.15) is 0 Å². The van der Waals surface area contributed by atoms with Gasteiger partial charge in [-0.25, -0.2) is 0 Å². The molecule has 1 aromatic rings. The van der Waals surface area contributed by atoms with E-state index in [1.54, 1.807) is 14.2 Å². The standard InChI is InChI=1S/C47H88O7Si2/c1-31(2)55(32(3)4,33(5)6)53-45(40(16)27-48)38(14)25-37(13)26-39(15)47(54-56(34(7)8,35(9)10)36(11)12)42(18)46(52-30-49-19)41(17)28-51-29-43-21-23-44(50-20)24-22-43/h21-25,27,31-36,38-42,45-47H,26,28-30H2,1-20H3/b37-25-/t38-,39-,40-,41-,42+,45+,46-,47+/m1/s1. The number of allylic oxidation sites excluding steroid dienone is 1. The zero-order valence-electron chi connectivity index (χ0n) is 39.7. The predicted octanol–water partition coefficient (Wildman–Crippen LogP) is 13.0. The van der Waals surface area contributed by atoms with Crippen LogP contribution in [-0.4, -0.2) is 68.9 Å². The lowest BCUT2D eigenvalue weighted by Crippen LogP contribution is -2.54. The van der Waals surface area contributed by atoms with Crippen molar-refractivity contribution in [3.63, 3.8) is 0 Å². The van der Waals surface area contributed by atoms with E-state index in [4.69, 9.17) is 27.8 Å². The Labute approximate surface area is 348 Å². The molecule has 0 aliphatic heterocycles. The molecule has 0 unspecified atom stereocenters. The lowest BCUT2D eigenvalue weighted by Gasteiger charge is -2.48. The van der Waals surface area contributed by atoms with Crippen LogP contribution in [0.5, 0.6) is 5.75 Å². The summed E-state index contributed by atoms with van der Waals surface area (Å²) < 4.78 is 38.9. The minimum absolute atomic E-state index is 0.0535. The van der Waals surface area contributed by atoms with Crippen LogP contribution in [0, 0.1) is 29.6 Å². The maximum absolute atomic E-state index is 12.4. The molecule has 0 bridgehead atoms. The molecule has 8 atom stereocenters. The fraction of sp³-hybridized carbons (Fsp3) is 0.809. The number of hydrogen-bond donors (Lipinski definition) is 0. The highest BCUT2D eigenvalue weighted by atomic mass is 28.4. The molecule has 0 radical (unpaired) electrons. The van der Waals surface area contributed by atoms with E-state index in [0.29, 0.717) is 46.5 Å². The minimum Gasteiger partial charge on any atom is -0.497 e. The van der Waals surface area contributed by atoms with Gasteiger partial charge in [0.15, 0.2) is 0 Å². The van der Waals surface area contributed by atoms with E-state index < -0.39 is 16.6 Å². The Balaban J connectivity index is 3.62. The van der Waals surface area contributed by atoms with E-state index in [-0.39, 0.29) is 54.7 Å². The third-order valence-electron chi connectivity index (χ3n) is 12.9. The SMILES string of the molecule is COCO[C@@H]([C@H](C)[C@@H](O[Si](C(C)C)(C(C)C)C(C)C)[C@H](C)C/C(C)=C\[C@@H](C)[C@H](O[Si](C(C)C)(C(C)C)C(C)C)[C@H](C)C=O)[C@H](C)COCc1ccc(OC)cc1. The van der Waals surface area contributed by atoms with Crippen LogP contribution >= 0.6 is 0 Å². The summed E-state index contributed by atoms with van der Waals surface area (Å²) in [5, 5.41) is 0. The van der Waals surface area contributed by atoms with Crippen molar-refractivity contribution in [3.05, 3.63) is 41.5 Å². The van der Waals surface area contributed by atoms with Gasteiger partial charge >= 0.3 is 0 Å². The fourth-order valence-corrected chi connectivity index (χ4v) is 21.8. The Kier molecular flexibility index (Phi) is 23.2. The van der Waals surface area contributed by atoms with Crippen molar-refractivity contribution < 1.29 is 32.6 Å². The molecule has 0 saturated carbocycles. The summed E-state index contributed by atoms with van der Waals surface area (Å²) >= 11 is 0. The Morgan fingerprint density at radius 2 is 1.09 bits per heavy atom. The predicted molar refractivity (Wildman–Crippen MR) is 241 cm³/mol. The maximum Gasteiger partial charge on any atom is 0.200 e. The normalized spacial score (nSPS) is 17.8. The number of rotatable bonds is 28. The summed E-state index contributed by atoms with van der Waals surface area (Å²) in [4.78, 5) is 12.4. The van der Waals surface area contributed by atoms with Crippen LogP contribution in [0.25, 0.3) is 0 Å². The summed E-state index contributed by atoms with van der Waals surface area (Å²) in [5.74, 6) is 1.08. The molecule has 1 rings (SSSR count). The Hall–Kier alpha value is -1.34. The molecule has 7 nitrogen and oxygen atoms in total. The topological polar surface area (TPSA) is 72.5 Å². The molecule has 56 heavy (non-hydrogen) atoms. The van der Waals surface area contributed by atoms with Gasteiger partial charge < -0.3 is 32.6 Å². The Morgan fingerprint density at radius 3 is 1.50 bits per heavy atom. The van der Waals surface area contributed by atoms with Crippen LogP contribution in [0.15, 0.2) is 35.9 Å². The summed E-state index contributed by atoms with van der Waals surface area (Å²) in [5.41, 5.74) is 5.07. The number of ether oxygens (including phenoxy) is 4. The molecular formula is C47H88O7Si2. The van der Waals surface area contributed by atoms with E-state index in [1.807, 2.05) is 31.2 Å². The number of methoxy groups -OCH3 is 2. The smallest absolute Gasteiger partial charge is 0.200 e.